The molecule has 1 unspecified atom stereocenters. The number of epoxide rings is 1. The third-order valence-electron chi connectivity index (χ3n) is 8.35. The quantitative estimate of drug-likeness (QED) is 0.121. The largest absolute Gasteiger partial charge is 0.459 e. The number of carbonyl (C=O) groups excluding carboxylic acids is 5. The van der Waals surface area contributed by atoms with E-state index in [4.69, 9.17) is 23.8 Å². The summed E-state index contributed by atoms with van der Waals surface area (Å²) in [7, 11) is 0. The molecule has 4 rings (SSSR count). The van der Waals surface area contributed by atoms with Gasteiger partial charge in [0.25, 0.3) is 11.8 Å². The van der Waals surface area contributed by atoms with Crippen molar-refractivity contribution < 1.29 is 47.8 Å². The smallest absolute Gasteiger partial charge is 0.335 e. The molecular formula is C32H44N2O10. The third kappa shape index (κ3) is 9.57. The molecule has 242 valence electrons. The number of esters is 1. The first-order chi connectivity index (χ1) is 20.8. The van der Waals surface area contributed by atoms with E-state index in [-0.39, 0.29) is 61.0 Å². The van der Waals surface area contributed by atoms with Gasteiger partial charge in [-0.05, 0) is 45.6 Å². The molecule has 1 spiro atoms. The van der Waals surface area contributed by atoms with Crippen LogP contribution in [-0.4, -0.2) is 83.5 Å². The fourth-order valence-corrected chi connectivity index (χ4v) is 5.86. The predicted molar refractivity (Wildman–Crippen MR) is 156 cm³/mol. The van der Waals surface area contributed by atoms with Crippen molar-refractivity contribution in [2.45, 2.75) is 122 Å². The predicted octanol–water partition coefficient (Wildman–Crippen LogP) is 3.00. The van der Waals surface area contributed by atoms with Gasteiger partial charge in [0, 0.05) is 38.7 Å². The van der Waals surface area contributed by atoms with Crippen molar-refractivity contribution in [3.05, 3.63) is 36.0 Å². The van der Waals surface area contributed by atoms with Crippen LogP contribution in [0.1, 0.15) is 79.6 Å². The van der Waals surface area contributed by atoms with Gasteiger partial charge in [0.1, 0.15) is 6.10 Å². The van der Waals surface area contributed by atoms with Crippen molar-refractivity contribution in [2.75, 3.05) is 6.61 Å². The SMILES string of the molecule is CC(=O)OC(C)C=CC(=O)N[C@@H]1C[C@H](C)[C@H](CC=C(C)C=C[C@@H]2C[C@]3(CO3)C[C@@H](CC(=O)ON3C(=O)CCC3=O)O2)O[C@@H]1C. The monoisotopic (exact) mass is 616 g/mol. The highest BCUT2D eigenvalue weighted by atomic mass is 16.7. The Morgan fingerprint density at radius 2 is 1.80 bits per heavy atom. The molecule has 1 N–H and O–H groups in total. The molecule has 0 aromatic rings. The number of hydrogen-bond donors (Lipinski definition) is 1. The molecular weight excluding hydrogens is 572 g/mol. The normalized spacial score (nSPS) is 33.2. The lowest BCUT2D eigenvalue weighted by Gasteiger charge is -2.39. The lowest BCUT2D eigenvalue weighted by Crippen LogP contribution is -2.50. The summed E-state index contributed by atoms with van der Waals surface area (Å²) in [5, 5.41) is 3.55. The van der Waals surface area contributed by atoms with E-state index in [1.165, 1.54) is 13.0 Å². The van der Waals surface area contributed by atoms with Gasteiger partial charge in [0.05, 0.1) is 49.1 Å². The van der Waals surface area contributed by atoms with Crippen molar-refractivity contribution >= 4 is 29.7 Å². The molecule has 44 heavy (non-hydrogen) atoms. The van der Waals surface area contributed by atoms with Crippen LogP contribution in [0.2, 0.25) is 0 Å². The summed E-state index contributed by atoms with van der Waals surface area (Å²) in [5.74, 6) is -2.14. The number of imide groups is 1. The summed E-state index contributed by atoms with van der Waals surface area (Å²) in [6.07, 6.45) is 10.4. The molecule has 4 saturated heterocycles. The highest BCUT2D eigenvalue weighted by Crippen LogP contribution is 2.43. The molecule has 4 heterocycles. The summed E-state index contributed by atoms with van der Waals surface area (Å²) < 4.78 is 23.1. The van der Waals surface area contributed by atoms with Gasteiger partial charge in [-0.2, -0.15) is 0 Å². The minimum Gasteiger partial charge on any atom is -0.459 e. The molecule has 12 nitrogen and oxygen atoms in total. The van der Waals surface area contributed by atoms with Crippen molar-refractivity contribution in [3.8, 4) is 0 Å². The van der Waals surface area contributed by atoms with Crippen molar-refractivity contribution in [3.63, 3.8) is 0 Å². The minimum absolute atomic E-state index is 0.000130. The zero-order valence-corrected chi connectivity index (χ0v) is 26.1. The molecule has 4 fully saturated rings. The van der Waals surface area contributed by atoms with E-state index in [0.29, 0.717) is 30.9 Å². The fourth-order valence-electron chi connectivity index (χ4n) is 5.86. The van der Waals surface area contributed by atoms with Gasteiger partial charge in [0.2, 0.25) is 5.91 Å². The maximum absolute atomic E-state index is 12.4. The van der Waals surface area contributed by atoms with E-state index in [1.54, 1.807) is 13.0 Å². The molecule has 0 bridgehead atoms. The molecule has 3 amide bonds. The number of carbonyl (C=O) groups is 5. The number of hydrogen-bond acceptors (Lipinski definition) is 10. The second-order valence-electron chi connectivity index (χ2n) is 12.4. The van der Waals surface area contributed by atoms with Crippen LogP contribution in [0.4, 0.5) is 0 Å². The Morgan fingerprint density at radius 3 is 2.45 bits per heavy atom. The van der Waals surface area contributed by atoms with Crippen LogP contribution in [0.15, 0.2) is 36.0 Å². The van der Waals surface area contributed by atoms with Gasteiger partial charge in [-0.15, -0.1) is 5.06 Å². The Labute approximate surface area is 258 Å². The number of hydroxylamine groups is 2. The maximum Gasteiger partial charge on any atom is 0.335 e. The summed E-state index contributed by atoms with van der Waals surface area (Å²) in [6.45, 7) is 9.69. The molecule has 4 aliphatic rings. The topological polar surface area (TPSA) is 150 Å². The Balaban J connectivity index is 1.23. The molecule has 4 aliphatic heterocycles. The van der Waals surface area contributed by atoms with E-state index in [0.717, 1.165) is 12.0 Å². The van der Waals surface area contributed by atoms with Crippen LogP contribution < -0.4 is 5.32 Å². The van der Waals surface area contributed by atoms with Gasteiger partial charge in [0.15, 0.2) is 0 Å². The van der Waals surface area contributed by atoms with Gasteiger partial charge in [-0.1, -0.05) is 30.7 Å². The van der Waals surface area contributed by atoms with E-state index >= 15 is 0 Å². The van der Waals surface area contributed by atoms with Gasteiger partial charge < -0.3 is 29.1 Å². The number of allylic oxidation sites excluding steroid dienone is 2. The number of ether oxygens (including phenoxy) is 4. The third-order valence-corrected chi connectivity index (χ3v) is 8.35. The van der Waals surface area contributed by atoms with Gasteiger partial charge in [-0.3, -0.25) is 19.2 Å². The summed E-state index contributed by atoms with van der Waals surface area (Å²) in [4.78, 5) is 64.4. The Bertz CT molecular complexity index is 1190. The molecule has 0 radical (unpaired) electrons. The fraction of sp³-hybridized carbons (Fsp3) is 0.656. The Kier molecular flexibility index (Phi) is 11.1. The van der Waals surface area contributed by atoms with Gasteiger partial charge in [-0.25, -0.2) is 4.79 Å². The number of nitrogens with zero attached hydrogens (tertiary/aromatic N) is 1. The Hall–Kier alpha value is -3.35. The highest BCUT2D eigenvalue weighted by Gasteiger charge is 2.51. The second-order valence-corrected chi connectivity index (χ2v) is 12.4. The summed E-state index contributed by atoms with van der Waals surface area (Å²) in [6, 6.07) is -0.130. The zero-order chi connectivity index (χ0) is 32.0. The molecule has 0 aromatic heterocycles. The molecule has 0 saturated carbocycles. The van der Waals surface area contributed by atoms with Crippen molar-refractivity contribution in [1.82, 2.24) is 10.4 Å². The zero-order valence-electron chi connectivity index (χ0n) is 26.1. The van der Waals surface area contributed by atoms with Crippen LogP contribution in [-0.2, 0) is 47.8 Å². The molecule has 0 aliphatic carbocycles. The molecule has 12 heteroatoms. The number of rotatable bonds is 11. The Morgan fingerprint density at radius 1 is 1.09 bits per heavy atom. The molecule has 8 atom stereocenters. The first-order valence-corrected chi connectivity index (χ1v) is 15.3. The minimum atomic E-state index is -0.682. The maximum atomic E-state index is 12.4. The van der Waals surface area contributed by atoms with Crippen molar-refractivity contribution in [2.24, 2.45) is 5.92 Å². The lowest BCUT2D eigenvalue weighted by molar-refractivity contribution is -0.200. The van der Waals surface area contributed by atoms with E-state index < -0.39 is 36.0 Å². The average Bonchev–Trinajstić information content (AvgIpc) is 3.61. The highest BCUT2D eigenvalue weighted by molar-refractivity contribution is 6.01. The number of nitrogens with one attached hydrogen (secondary N) is 1. The second kappa shape index (κ2) is 14.6. The van der Waals surface area contributed by atoms with Crippen LogP contribution in [0.25, 0.3) is 0 Å². The van der Waals surface area contributed by atoms with E-state index in [9.17, 15) is 24.0 Å². The van der Waals surface area contributed by atoms with E-state index in [1.807, 2.05) is 26.0 Å². The van der Waals surface area contributed by atoms with Crippen molar-refractivity contribution in [1.29, 1.82) is 0 Å². The first-order valence-electron chi connectivity index (χ1n) is 15.3. The summed E-state index contributed by atoms with van der Waals surface area (Å²) in [5.41, 5.74) is 0.719. The van der Waals surface area contributed by atoms with Gasteiger partial charge >= 0.3 is 11.9 Å². The standard InChI is InChI=1S/C32H44N2O10/c1-19(7-10-27-20(2)14-26(22(4)42-27)33-28(36)11-8-21(3)41-23(5)35)6-9-24-16-32(18-40-32)17-25(43-24)15-31(39)44-34-29(37)12-13-30(34)38/h6-9,11,20-22,24-27H,10,12-18H2,1-5H3,(H,33,36)/t20-,21?,22+,24+,25+,26+,27-,32+/m0/s1. The van der Waals surface area contributed by atoms with Crippen LogP contribution in [0.3, 0.4) is 0 Å². The lowest BCUT2D eigenvalue weighted by atomic mass is 9.88. The van der Waals surface area contributed by atoms with Crippen LogP contribution in [0, 0.1) is 5.92 Å². The summed E-state index contributed by atoms with van der Waals surface area (Å²) >= 11 is 0. The molecule has 0 aromatic carbocycles. The van der Waals surface area contributed by atoms with Crippen LogP contribution >= 0.6 is 0 Å². The number of amides is 3. The van der Waals surface area contributed by atoms with E-state index in [2.05, 4.69) is 18.3 Å². The average molecular weight is 617 g/mol. The first kappa shape index (κ1) is 33.5. The van der Waals surface area contributed by atoms with Crippen LogP contribution in [0.5, 0.6) is 0 Å².